The van der Waals surface area contributed by atoms with E-state index in [1.807, 2.05) is 55.9 Å². The summed E-state index contributed by atoms with van der Waals surface area (Å²) in [6.45, 7) is 3.98. The fourth-order valence-corrected chi connectivity index (χ4v) is 4.55. The van der Waals surface area contributed by atoms with Crippen LogP contribution in [0.1, 0.15) is 33.5 Å². The number of allylic oxidation sites excluding steroid dienone is 1. The molecule has 0 atom stereocenters. The van der Waals surface area contributed by atoms with Crippen LogP contribution in [0.2, 0.25) is 0 Å². The predicted octanol–water partition coefficient (Wildman–Crippen LogP) is 5.83. The molecule has 2 heterocycles. The minimum absolute atomic E-state index is 0.472. The average molecular weight is 440 g/mol. The summed E-state index contributed by atoms with van der Waals surface area (Å²) >= 11 is 1.85. The molecule has 2 aromatic carbocycles. The molecule has 0 spiro atoms. The van der Waals surface area contributed by atoms with Crippen LogP contribution in [0.15, 0.2) is 42.5 Å². The normalized spacial score (nSPS) is 12.6. The Morgan fingerprint density at radius 3 is 2.53 bits per heavy atom. The van der Waals surface area contributed by atoms with Gasteiger partial charge in [-0.05, 0) is 85.2 Å². The van der Waals surface area contributed by atoms with Crippen molar-refractivity contribution in [2.45, 2.75) is 26.0 Å². The summed E-state index contributed by atoms with van der Waals surface area (Å²) < 4.78 is 6.38. The molecule has 0 aliphatic carbocycles. The van der Waals surface area contributed by atoms with Crippen molar-refractivity contribution in [2.75, 3.05) is 11.1 Å². The van der Waals surface area contributed by atoms with Crippen molar-refractivity contribution in [3.63, 3.8) is 0 Å². The zero-order valence-corrected chi connectivity index (χ0v) is 18.7. The van der Waals surface area contributed by atoms with Crippen LogP contribution < -0.4 is 10.1 Å². The van der Waals surface area contributed by atoms with Crippen LogP contribution in [0, 0.1) is 36.5 Å². The number of ether oxygens (including phenoxy) is 1. The quantitative estimate of drug-likeness (QED) is 0.500. The molecule has 0 fully saturated rings. The van der Waals surface area contributed by atoms with E-state index in [4.69, 9.17) is 25.2 Å². The number of benzene rings is 2. The van der Waals surface area contributed by atoms with Crippen molar-refractivity contribution in [1.29, 1.82) is 10.5 Å². The summed E-state index contributed by atoms with van der Waals surface area (Å²) in [5.41, 5.74) is 6.33. The van der Waals surface area contributed by atoms with Crippen LogP contribution in [-0.4, -0.2) is 15.7 Å². The molecule has 0 saturated heterocycles. The Morgan fingerprint density at radius 2 is 1.84 bits per heavy atom. The predicted molar refractivity (Wildman–Crippen MR) is 127 cm³/mol. The standard InChI is InChI=1S/C25H21N5OS/c1-16-12-19(4-3-10-26)13-17(2)23(16)31-24-21-15-32-11-9-22(21)29-25(30-24)28-20-7-5-18(14-27)6-8-20/h3-8,12-13H,9,11,15H2,1-2H3,(H,28,29,30)/b4-3+. The molecule has 0 radical (unpaired) electrons. The molecule has 32 heavy (non-hydrogen) atoms. The number of fused-ring (bicyclic) bond motifs is 1. The van der Waals surface area contributed by atoms with Crippen molar-refractivity contribution in [3.8, 4) is 23.8 Å². The summed E-state index contributed by atoms with van der Waals surface area (Å²) in [6.07, 6.45) is 4.11. The van der Waals surface area contributed by atoms with Crippen LogP contribution in [0.5, 0.6) is 11.6 Å². The summed E-state index contributed by atoms with van der Waals surface area (Å²) in [7, 11) is 0. The average Bonchev–Trinajstić information content (AvgIpc) is 2.80. The number of rotatable bonds is 5. The van der Waals surface area contributed by atoms with E-state index in [2.05, 4.69) is 11.4 Å². The second-order valence-corrected chi connectivity index (χ2v) is 8.55. The van der Waals surface area contributed by atoms with Crippen LogP contribution in [-0.2, 0) is 12.2 Å². The number of aromatic nitrogens is 2. The van der Waals surface area contributed by atoms with Gasteiger partial charge in [0.05, 0.1) is 23.4 Å². The highest BCUT2D eigenvalue weighted by Gasteiger charge is 2.21. The number of nitrogens with one attached hydrogen (secondary N) is 1. The molecule has 0 unspecified atom stereocenters. The lowest BCUT2D eigenvalue weighted by atomic mass is 10.1. The Kier molecular flexibility index (Phi) is 6.39. The molecule has 3 aromatic rings. The van der Waals surface area contributed by atoms with E-state index in [1.54, 1.807) is 18.2 Å². The zero-order chi connectivity index (χ0) is 22.5. The number of hydrogen-bond acceptors (Lipinski definition) is 7. The number of nitrogens with zero attached hydrogens (tertiary/aromatic N) is 4. The van der Waals surface area contributed by atoms with E-state index in [0.29, 0.717) is 17.4 Å². The SMILES string of the molecule is Cc1cc(/C=C/C#N)cc(C)c1Oc1nc(Nc2ccc(C#N)cc2)nc2c1CSCC2. The second kappa shape index (κ2) is 9.55. The maximum atomic E-state index is 9.00. The first-order chi connectivity index (χ1) is 15.6. The molecule has 0 saturated carbocycles. The van der Waals surface area contributed by atoms with Gasteiger partial charge in [0, 0.05) is 23.1 Å². The first kappa shape index (κ1) is 21.4. The number of anilines is 2. The van der Waals surface area contributed by atoms with E-state index >= 15 is 0 Å². The summed E-state index contributed by atoms with van der Waals surface area (Å²) in [5.74, 6) is 3.62. The summed E-state index contributed by atoms with van der Waals surface area (Å²) in [4.78, 5) is 9.42. The van der Waals surface area contributed by atoms with Gasteiger partial charge in [-0.1, -0.05) is 0 Å². The van der Waals surface area contributed by atoms with Gasteiger partial charge >= 0.3 is 0 Å². The molecule has 4 rings (SSSR count). The topological polar surface area (TPSA) is 94.6 Å². The van der Waals surface area contributed by atoms with Crippen LogP contribution in [0.3, 0.4) is 0 Å². The highest BCUT2D eigenvalue weighted by molar-refractivity contribution is 7.98. The third-order valence-electron chi connectivity index (χ3n) is 5.09. The molecule has 6 nitrogen and oxygen atoms in total. The zero-order valence-electron chi connectivity index (χ0n) is 17.8. The van der Waals surface area contributed by atoms with Crippen molar-refractivity contribution < 1.29 is 4.74 Å². The highest BCUT2D eigenvalue weighted by atomic mass is 32.2. The van der Waals surface area contributed by atoms with Gasteiger partial charge in [0.25, 0.3) is 0 Å². The van der Waals surface area contributed by atoms with Gasteiger partial charge in [-0.3, -0.25) is 0 Å². The Hall–Kier alpha value is -3.81. The number of nitriles is 2. The number of aryl methyl sites for hydroxylation is 3. The van der Waals surface area contributed by atoms with E-state index in [1.165, 1.54) is 6.08 Å². The fourth-order valence-electron chi connectivity index (χ4n) is 3.57. The first-order valence-corrected chi connectivity index (χ1v) is 11.3. The summed E-state index contributed by atoms with van der Waals surface area (Å²) in [5, 5.41) is 21.0. The van der Waals surface area contributed by atoms with Gasteiger partial charge in [0.2, 0.25) is 11.8 Å². The van der Waals surface area contributed by atoms with Gasteiger partial charge in [0.15, 0.2) is 0 Å². The minimum Gasteiger partial charge on any atom is -0.438 e. The highest BCUT2D eigenvalue weighted by Crippen LogP contribution is 2.36. The lowest BCUT2D eigenvalue weighted by molar-refractivity contribution is 0.449. The van der Waals surface area contributed by atoms with Gasteiger partial charge < -0.3 is 10.1 Å². The Labute approximate surface area is 191 Å². The Bertz CT molecular complexity index is 1250. The first-order valence-electron chi connectivity index (χ1n) is 10.2. The van der Waals surface area contributed by atoms with Crippen LogP contribution in [0.4, 0.5) is 11.6 Å². The monoisotopic (exact) mass is 439 g/mol. The molecule has 158 valence electrons. The second-order valence-electron chi connectivity index (χ2n) is 7.44. The molecule has 0 bridgehead atoms. The van der Waals surface area contributed by atoms with E-state index in [0.717, 1.165) is 57.3 Å². The number of thioether (sulfide) groups is 1. The van der Waals surface area contributed by atoms with Crippen molar-refractivity contribution in [1.82, 2.24) is 9.97 Å². The van der Waals surface area contributed by atoms with Crippen molar-refractivity contribution in [3.05, 3.63) is 76.0 Å². The maximum absolute atomic E-state index is 9.00. The Morgan fingerprint density at radius 1 is 1.09 bits per heavy atom. The lowest BCUT2D eigenvalue weighted by Gasteiger charge is -2.20. The van der Waals surface area contributed by atoms with Gasteiger partial charge in [-0.25, -0.2) is 4.98 Å². The molecule has 7 heteroatoms. The largest absolute Gasteiger partial charge is 0.438 e. The van der Waals surface area contributed by atoms with Gasteiger partial charge in [0.1, 0.15) is 5.75 Å². The van der Waals surface area contributed by atoms with Crippen molar-refractivity contribution in [2.24, 2.45) is 0 Å². The Balaban J connectivity index is 1.69. The van der Waals surface area contributed by atoms with Gasteiger partial charge in [-0.15, -0.1) is 0 Å². The molecule has 1 aliphatic heterocycles. The third kappa shape index (κ3) is 4.74. The lowest BCUT2D eigenvalue weighted by Crippen LogP contribution is -2.11. The molecule has 1 N–H and O–H groups in total. The molecular weight excluding hydrogens is 418 g/mol. The van der Waals surface area contributed by atoms with E-state index in [9.17, 15) is 0 Å². The van der Waals surface area contributed by atoms with E-state index in [-0.39, 0.29) is 0 Å². The van der Waals surface area contributed by atoms with E-state index < -0.39 is 0 Å². The van der Waals surface area contributed by atoms with Gasteiger partial charge in [-0.2, -0.15) is 27.3 Å². The fraction of sp³-hybridized carbons (Fsp3) is 0.200. The van der Waals surface area contributed by atoms with Crippen molar-refractivity contribution >= 4 is 29.5 Å². The van der Waals surface area contributed by atoms with Crippen LogP contribution in [0.25, 0.3) is 6.08 Å². The molecule has 0 amide bonds. The summed E-state index contributed by atoms with van der Waals surface area (Å²) in [6, 6.07) is 15.3. The minimum atomic E-state index is 0.472. The van der Waals surface area contributed by atoms with Crippen LogP contribution >= 0.6 is 11.8 Å². The number of hydrogen-bond donors (Lipinski definition) is 1. The smallest absolute Gasteiger partial charge is 0.230 e. The third-order valence-corrected chi connectivity index (χ3v) is 6.07. The molecule has 1 aliphatic rings. The molecule has 1 aromatic heterocycles. The maximum Gasteiger partial charge on any atom is 0.230 e. The molecular formula is C25H21N5OS.